The SMILES string of the molecule is CCC(C)(C)C(=O)OCC(=O)OC1C2OC(=O)C3CC1(C)CC32. The molecular formula is C17H24O6. The lowest BCUT2D eigenvalue weighted by Gasteiger charge is -2.32. The second-order valence-electron chi connectivity index (χ2n) is 7.96. The Bertz CT molecular complexity index is 553. The maximum absolute atomic E-state index is 12.1. The maximum atomic E-state index is 12.1. The van der Waals surface area contributed by atoms with Gasteiger partial charge in [-0.2, -0.15) is 0 Å². The van der Waals surface area contributed by atoms with E-state index >= 15 is 0 Å². The van der Waals surface area contributed by atoms with Crippen molar-refractivity contribution in [3.05, 3.63) is 0 Å². The molecule has 2 saturated carbocycles. The molecule has 0 radical (unpaired) electrons. The van der Waals surface area contributed by atoms with Crippen LogP contribution in [0.2, 0.25) is 0 Å². The average Bonchev–Trinajstić information content (AvgIpc) is 3.04. The van der Waals surface area contributed by atoms with E-state index in [0.29, 0.717) is 12.8 Å². The van der Waals surface area contributed by atoms with Crippen molar-refractivity contribution in [2.24, 2.45) is 22.7 Å². The summed E-state index contributed by atoms with van der Waals surface area (Å²) in [5.74, 6) is -1.04. The summed E-state index contributed by atoms with van der Waals surface area (Å²) in [4.78, 5) is 35.7. The van der Waals surface area contributed by atoms with Gasteiger partial charge in [-0.05, 0) is 33.1 Å². The molecule has 3 fully saturated rings. The highest BCUT2D eigenvalue weighted by atomic mass is 16.6. The Kier molecular flexibility index (Phi) is 3.69. The standard InChI is InChI=1S/C17H24O6/c1-5-16(2,3)15(20)21-8-11(18)22-13-12-9-6-17(13,4)7-10(9)14(19)23-12/h9-10,12-13H,5-8H2,1-4H3. The van der Waals surface area contributed by atoms with Crippen LogP contribution in [0.3, 0.4) is 0 Å². The third-order valence-electron chi connectivity index (χ3n) is 5.88. The largest absolute Gasteiger partial charge is 0.458 e. The molecule has 0 N–H and O–H groups in total. The minimum absolute atomic E-state index is 0.0388. The molecule has 5 unspecified atom stereocenters. The summed E-state index contributed by atoms with van der Waals surface area (Å²) in [6, 6.07) is 0. The number of hydrogen-bond donors (Lipinski definition) is 0. The van der Waals surface area contributed by atoms with Crippen molar-refractivity contribution >= 4 is 17.9 Å². The monoisotopic (exact) mass is 324 g/mol. The molecule has 23 heavy (non-hydrogen) atoms. The van der Waals surface area contributed by atoms with Crippen molar-refractivity contribution in [2.75, 3.05) is 6.61 Å². The molecule has 1 saturated heterocycles. The zero-order valence-electron chi connectivity index (χ0n) is 14.1. The lowest BCUT2D eigenvalue weighted by Crippen LogP contribution is -2.42. The average molecular weight is 324 g/mol. The number of fused-ring (bicyclic) bond motifs is 1. The molecule has 5 atom stereocenters. The van der Waals surface area contributed by atoms with Crippen LogP contribution in [0.15, 0.2) is 0 Å². The Labute approximate surface area is 135 Å². The van der Waals surface area contributed by atoms with Gasteiger partial charge < -0.3 is 14.2 Å². The molecule has 0 spiro atoms. The molecule has 3 aliphatic rings. The van der Waals surface area contributed by atoms with E-state index in [1.54, 1.807) is 13.8 Å². The predicted octanol–water partition coefficient (Wildman–Crippen LogP) is 1.85. The summed E-state index contributed by atoms with van der Waals surface area (Å²) in [6.45, 7) is 7.07. The van der Waals surface area contributed by atoms with Crippen LogP contribution in [0.5, 0.6) is 0 Å². The maximum Gasteiger partial charge on any atom is 0.344 e. The normalized spacial score (nSPS) is 37.7. The number of rotatable bonds is 5. The van der Waals surface area contributed by atoms with Gasteiger partial charge in [0.1, 0.15) is 12.2 Å². The first kappa shape index (κ1) is 16.3. The van der Waals surface area contributed by atoms with Crippen molar-refractivity contribution in [3.8, 4) is 0 Å². The van der Waals surface area contributed by atoms with Crippen LogP contribution >= 0.6 is 0 Å². The topological polar surface area (TPSA) is 78.9 Å². The first-order valence-corrected chi connectivity index (χ1v) is 8.25. The Morgan fingerprint density at radius 3 is 2.70 bits per heavy atom. The van der Waals surface area contributed by atoms with Crippen LogP contribution < -0.4 is 0 Å². The van der Waals surface area contributed by atoms with E-state index < -0.39 is 30.1 Å². The van der Waals surface area contributed by atoms with Crippen LogP contribution in [0.25, 0.3) is 0 Å². The molecule has 0 amide bonds. The van der Waals surface area contributed by atoms with Gasteiger partial charge in [0.05, 0.1) is 11.3 Å². The summed E-state index contributed by atoms with van der Waals surface area (Å²) < 4.78 is 16.0. The molecule has 6 heteroatoms. The van der Waals surface area contributed by atoms with Crippen molar-refractivity contribution in [3.63, 3.8) is 0 Å². The lowest BCUT2D eigenvalue weighted by atomic mass is 9.79. The van der Waals surface area contributed by atoms with Crippen LogP contribution in [-0.2, 0) is 28.6 Å². The quantitative estimate of drug-likeness (QED) is 0.567. The molecule has 1 heterocycles. The van der Waals surface area contributed by atoms with Gasteiger partial charge in [-0.25, -0.2) is 4.79 Å². The Morgan fingerprint density at radius 2 is 2.04 bits per heavy atom. The first-order valence-electron chi connectivity index (χ1n) is 8.25. The van der Waals surface area contributed by atoms with Gasteiger partial charge >= 0.3 is 17.9 Å². The molecule has 1 aliphatic heterocycles. The van der Waals surface area contributed by atoms with Crippen molar-refractivity contribution < 1.29 is 28.6 Å². The minimum atomic E-state index is -0.618. The lowest BCUT2D eigenvalue weighted by molar-refractivity contribution is -0.175. The fraction of sp³-hybridized carbons (Fsp3) is 0.824. The van der Waals surface area contributed by atoms with E-state index in [-0.39, 0.29) is 29.3 Å². The van der Waals surface area contributed by atoms with Gasteiger partial charge in [0.2, 0.25) is 0 Å². The van der Waals surface area contributed by atoms with Gasteiger partial charge in [-0.3, -0.25) is 9.59 Å². The number of carbonyl (C=O) groups excluding carboxylic acids is 3. The van der Waals surface area contributed by atoms with E-state index in [2.05, 4.69) is 0 Å². The van der Waals surface area contributed by atoms with Gasteiger partial charge in [0, 0.05) is 11.3 Å². The number of esters is 3. The summed E-state index contributed by atoms with van der Waals surface area (Å²) in [7, 11) is 0. The molecule has 6 nitrogen and oxygen atoms in total. The highest BCUT2D eigenvalue weighted by molar-refractivity contribution is 5.80. The summed E-state index contributed by atoms with van der Waals surface area (Å²) in [6.07, 6.45) is 1.41. The molecule has 2 bridgehead atoms. The van der Waals surface area contributed by atoms with Gasteiger partial charge in [-0.1, -0.05) is 13.8 Å². The zero-order valence-corrected chi connectivity index (χ0v) is 14.1. The molecule has 2 aliphatic carbocycles. The molecule has 0 aromatic carbocycles. The fourth-order valence-electron chi connectivity index (χ4n) is 4.09. The Morgan fingerprint density at radius 1 is 1.35 bits per heavy atom. The van der Waals surface area contributed by atoms with Crippen LogP contribution in [0.4, 0.5) is 0 Å². The highest BCUT2D eigenvalue weighted by Gasteiger charge is 2.68. The summed E-state index contributed by atoms with van der Waals surface area (Å²) in [5.41, 5.74) is -0.832. The van der Waals surface area contributed by atoms with Gasteiger partial charge in [0.25, 0.3) is 0 Å². The minimum Gasteiger partial charge on any atom is -0.458 e. The molecule has 3 rings (SSSR count). The third kappa shape index (κ3) is 2.52. The van der Waals surface area contributed by atoms with E-state index in [1.807, 2.05) is 13.8 Å². The van der Waals surface area contributed by atoms with Gasteiger partial charge in [-0.15, -0.1) is 0 Å². The fourth-order valence-corrected chi connectivity index (χ4v) is 4.09. The summed E-state index contributed by atoms with van der Waals surface area (Å²) >= 11 is 0. The number of ether oxygens (including phenoxy) is 3. The highest BCUT2D eigenvalue weighted by Crippen LogP contribution is 2.62. The molecule has 128 valence electrons. The van der Waals surface area contributed by atoms with Crippen molar-refractivity contribution in [2.45, 2.75) is 59.2 Å². The van der Waals surface area contributed by atoms with E-state index in [0.717, 1.165) is 6.42 Å². The van der Waals surface area contributed by atoms with E-state index in [4.69, 9.17) is 14.2 Å². The third-order valence-corrected chi connectivity index (χ3v) is 5.88. The number of carbonyl (C=O) groups is 3. The predicted molar refractivity (Wildman–Crippen MR) is 79.1 cm³/mol. The molecule has 0 aromatic rings. The Balaban J connectivity index is 1.57. The van der Waals surface area contributed by atoms with Gasteiger partial charge in [0.15, 0.2) is 6.61 Å². The Hall–Kier alpha value is -1.59. The number of hydrogen-bond acceptors (Lipinski definition) is 6. The van der Waals surface area contributed by atoms with Crippen LogP contribution in [-0.4, -0.2) is 36.7 Å². The van der Waals surface area contributed by atoms with Crippen molar-refractivity contribution in [1.29, 1.82) is 0 Å². The second-order valence-corrected chi connectivity index (χ2v) is 7.96. The van der Waals surface area contributed by atoms with Crippen LogP contribution in [0.1, 0.15) is 47.0 Å². The van der Waals surface area contributed by atoms with E-state index in [1.165, 1.54) is 0 Å². The molecular weight excluding hydrogens is 300 g/mol. The second kappa shape index (κ2) is 5.21. The summed E-state index contributed by atoms with van der Waals surface area (Å²) in [5, 5.41) is 0. The van der Waals surface area contributed by atoms with E-state index in [9.17, 15) is 14.4 Å². The first-order chi connectivity index (χ1) is 10.7. The smallest absolute Gasteiger partial charge is 0.344 e. The van der Waals surface area contributed by atoms with Crippen LogP contribution in [0, 0.1) is 22.7 Å². The zero-order chi connectivity index (χ0) is 17.0. The molecule has 0 aromatic heterocycles. The van der Waals surface area contributed by atoms with Crippen molar-refractivity contribution in [1.82, 2.24) is 0 Å².